The minimum Gasteiger partial charge on any atom is -0.475 e. The third-order valence-electron chi connectivity index (χ3n) is 3.96. The Balaban J connectivity index is 1.49. The predicted octanol–water partition coefficient (Wildman–Crippen LogP) is 2.53. The van der Waals surface area contributed by atoms with Gasteiger partial charge in [-0.3, -0.25) is 4.79 Å². The molecule has 2 aromatic rings. The van der Waals surface area contributed by atoms with E-state index >= 15 is 0 Å². The Bertz CT molecular complexity index is 824. The number of anilines is 2. The van der Waals surface area contributed by atoms with Crippen LogP contribution in [0.4, 0.5) is 16.2 Å². The van der Waals surface area contributed by atoms with Gasteiger partial charge in [-0.15, -0.1) is 0 Å². The van der Waals surface area contributed by atoms with Crippen molar-refractivity contribution in [2.45, 2.75) is 18.9 Å². The smallest absolute Gasteiger partial charge is 0.371 e. The number of amides is 3. The summed E-state index contributed by atoms with van der Waals surface area (Å²) in [6.45, 7) is 1.19. The van der Waals surface area contributed by atoms with Crippen LogP contribution in [-0.2, 0) is 4.74 Å². The van der Waals surface area contributed by atoms with Crippen molar-refractivity contribution in [3.8, 4) is 0 Å². The van der Waals surface area contributed by atoms with Crippen molar-refractivity contribution in [1.29, 1.82) is 0 Å². The van der Waals surface area contributed by atoms with Gasteiger partial charge in [0.25, 0.3) is 5.91 Å². The highest BCUT2D eigenvalue weighted by molar-refractivity contribution is 6.03. The highest BCUT2D eigenvalue weighted by atomic mass is 16.5. The molecule has 142 valence electrons. The molecule has 1 unspecified atom stereocenters. The summed E-state index contributed by atoms with van der Waals surface area (Å²) in [5.74, 6) is -2.24. The summed E-state index contributed by atoms with van der Waals surface area (Å²) in [6, 6.07) is 8.63. The Labute approximate surface area is 154 Å². The standard InChI is InChI=1S/C18H19N3O6/c22-16(14-7-8-15(27-14)17(23)24)20-11-3-5-12(6-4-11)21-18(25)19-10-13-2-1-9-26-13/h3-8,13H,1-2,9-10H2,(H,20,22)(H,23,24)(H2,19,21,25). The summed E-state index contributed by atoms with van der Waals surface area (Å²) in [6.07, 6.45) is 2.02. The number of nitrogens with one attached hydrogen (secondary N) is 3. The summed E-state index contributed by atoms with van der Waals surface area (Å²) in [5.41, 5.74) is 1.03. The molecule has 3 rings (SSSR count). The van der Waals surface area contributed by atoms with Gasteiger partial charge in [0.1, 0.15) is 0 Å². The van der Waals surface area contributed by atoms with Crippen LogP contribution in [0.2, 0.25) is 0 Å². The third kappa shape index (κ3) is 5.08. The lowest BCUT2D eigenvalue weighted by molar-refractivity contribution is 0.0660. The number of carboxylic acid groups (broad SMARTS) is 1. The van der Waals surface area contributed by atoms with E-state index in [-0.39, 0.29) is 23.7 Å². The zero-order chi connectivity index (χ0) is 19.2. The van der Waals surface area contributed by atoms with Gasteiger partial charge >= 0.3 is 12.0 Å². The Morgan fingerprint density at radius 2 is 1.67 bits per heavy atom. The molecule has 0 saturated carbocycles. The average Bonchev–Trinajstić information content (AvgIpc) is 3.33. The lowest BCUT2D eigenvalue weighted by atomic mass is 10.2. The number of hydrogen-bond acceptors (Lipinski definition) is 5. The van der Waals surface area contributed by atoms with E-state index in [4.69, 9.17) is 14.3 Å². The number of furan rings is 1. The zero-order valence-electron chi connectivity index (χ0n) is 14.4. The molecule has 0 bridgehead atoms. The Kier molecular flexibility index (Phi) is 5.72. The van der Waals surface area contributed by atoms with Crippen LogP contribution >= 0.6 is 0 Å². The maximum Gasteiger partial charge on any atom is 0.371 e. The van der Waals surface area contributed by atoms with Gasteiger partial charge in [0.2, 0.25) is 5.76 Å². The first-order valence-electron chi connectivity index (χ1n) is 8.42. The van der Waals surface area contributed by atoms with Crippen LogP contribution in [0.15, 0.2) is 40.8 Å². The van der Waals surface area contributed by atoms with E-state index in [2.05, 4.69) is 16.0 Å². The van der Waals surface area contributed by atoms with Crippen LogP contribution in [0.1, 0.15) is 34.0 Å². The number of urea groups is 1. The normalized spacial score (nSPS) is 15.9. The molecule has 1 aromatic heterocycles. The number of benzene rings is 1. The largest absolute Gasteiger partial charge is 0.475 e. The van der Waals surface area contributed by atoms with Crippen LogP contribution in [-0.4, -0.2) is 42.3 Å². The first-order chi connectivity index (χ1) is 13.0. The van der Waals surface area contributed by atoms with Crippen molar-refractivity contribution >= 4 is 29.3 Å². The van der Waals surface area contributed by atoms with Gasteiger partial charge in [0, 0.05) is 24.5 Å². The molecule has 9 heteroatoms. The van der Waals surface area contributed by atoms with E-state index in [9.17, 15) is 14.4 Å². The molecule has 1 aliphatic heterocycles. The monoisotopic (exact) mass is 373 g/mol. The van der Waals surface area contributed by atoms with E-state index in [1.165, 1.54) is 12.1 Å². The highest BCUT2D eigenvalue weighted by Crippen LogP contribution is 2.16. The van der Waals surface area contributed by atoms with E-state index < -0.39 is 11.9 Å². The number of ether oxygens (including phenoxy) is 1. The van der Waals surface area contributed by atoms with Crippen LogP contribution in [0.25, 0.3) is 0 Å². The summed E-state index contributed by atoms with van der Waals surface area (Å²) < 4.78 is 10.4. The molecule has 4 N–H and O–H groups in total. The lowest BCUT2D eigenvalue weighted by Gasteiger charge is -2.12. The number of rotatable bonds is 6. The van der Waals surface area contributed by atoms with Crippen molar-refractivity contribution in [2.75, 3.05) is 23.8 Å². The summed E-state index contributed by atoms with van der Waals surface area (Å²) in [7, 11) is 0. The van der Waals surface area contributed by atoms with Crippen LogP contribution < -0.4 is 16.0 Å². The summed E-state index contributed by atoms with van der Waals surface area (Å²) in [4.78, 5) is 34.7. The van der Waals surface area contributed by atoms with Crippen molar-refractivity contribution in [3.05, 3.63) is 47.9 Å². The van der Waals surface area contributed by atoms with Gasteiger partial charge in [-0.05, 0) is 49.2 Å². The summed E-state index contributed by atoms with van der Waals surface area (Å²) in [5, 5.41) is 16.8. The van der Waals surface area contributed by atoms with E-state index in [1.54, 1.807) is 24.3 Å². The molecule has 2 heterocycles. The maximum atomic E-state index is 12.0. The molecule has 27 heavy (non-hydrogen) atoms. The van der Waals surface area contributed by atoms with E-state index in [0.29, 0.717) is 17.9 Å². The fraction of sp³-hybridized carbons (Fsp3) is 0.278. The SMILES string of the molecule is O=C(NCC1CCCO1)Nc1ccc(NC(=O)c2ccc(C(=O)O)o2)cc1. The molecule has 1 aliphatic rings. The van der Waals surface area contributed by atoms with Gasteiger partial charge in [0.15, 0.2) is 5.76 Å². The van der Waals surface area contributed by atoms with Crippen molar-refractivity contribution in [3.63, 3.8) is 0 Å². The van der Waals surface area contributed by atoms with Gasteiger partial charge in [0.05, 0.1) is 6.10 Å². The molecule has 9 nitrogen and oxygen atoms in total. The van der Waals surface area contributed by atoms with Crippen molar-refractivity contribution in [2.24, 2.45) is 0 Å². The molecule has 1 aromatic carbocycles. The topological polar surface area (TPSA) is 130 Å². The first-order valence-corrected chi connectivity index (χ1v) is 8.42. The van der Waals surface area contributed by atoms with Crippen LogP contribution in [0, 0.1) is 0 Å². The van der Waals surface area contributed by atoms with Crippen molar-refractivity contribution in [1.82, 2.24) is 5.32 Å². The van der Waals surface area contributed by atoms with Crippen molar-refractivity contribution < 1.29 is 28.6 Å². The predicted molar refractivity (Wildman–Crippen MR) is 96.1 cm³/mol. The zero-order valence-corrected chi connectivity index (χ0v) is 14.4. The van der Waals surface area contributed by atoms with Crippen LogP contribution in [0.3, 0.4) is 0 Å². The van der Waals surface area contributed by atoms with Crippen LogP contribution in [0.5, 0.6) is 0 Å². The second kappa shape index (κ2) is 8.37. The van der Waals surface area contributed by atoms with Gasteiger partial charge in [-0.1, -0.05) is 0 Å². The van der Waals surface area contributed by atoms with Gasteiger partial charge < -0.3 is 30.2 Å². The molecular weight excluding hydrogens is 354 g/mol. The maximum absolute atomic E-state index is 12.0. The molecule has 3 amide bonds. The lowest BCUT2D eigenvalue weighted by Crippen LogP contribution is -2.35. The third-order valence-corrected chi connectivity index (χ3v) is 3.96. The second-order valence-corrected chi connectivity index (χ2v) is 5.97. The Hall–Kier alpha value is -3.33. The average molecular weight is 373 g/mol. The number of carbonyl (C=O) groups is 3. The molecule has 1 fully saturated rings. The Morgan fingerprint density at radius 3 is 2.26 bits per heavy atom. The minimum atomic E-state index is -1.25. The second-order valence-electron chi connectivity index (χ2n) is 5.97. The molecule has 1 atom stereocenters. The molecule has 1 saturated heterocycles. The fourth-order valence-corrected chi connectivity index (χ4v) is 2.59. The molecule has 0 spiro atoms. The highest BCUT2D eigenvalue weighted by Gasteiger charge is 2.17. The Morgan fingerprint density at radius 1 is 1.00 bits per heavy atom. The van der Waals surface area contributed by atoms with Gasteiger partial charge in [-0.25, -0.2) is 9.59 Å². The van der Waals surface area contributed by atoms with Gasteiger partial charge in [-0.2, -0.15) is 0 Å². The van der Waals surface area contributed by atoms with E-state index in [1.807, 2.05) is 0 Å². The number of hydrogen-bond donors (Lipinski definition) is 4. The number of aromatic carboxylic acids is 1. The molecular formula is C18H19N3O6. The fourth-order valence-electron chi connectivity index (χ4n) is 2.59. The number of carboxylic acids is 1. The molecule has 0 radical (unpaired) electrons. The number of carbonyl (C=O) groups excluding carboxylic acids is 2. The quantitative estimate of drug-likeness (QED) is 0.616. The molecule has 0 aliphatic carbocycles. The van der Waals surface area contributed by atoms with E-state index in [0.717, 1.165) is 19.4 Å². The summed E-state index contributed by atoms with van der Waals surface area (Å²) >= 11 is 0. The first kappa shape index (κ1) is 18.5. The minimum absolute atomic E-state index is 0.0663.